The topological polar surface area (TPSA) is 105 Å². The summed E-state index contributed by atoms with van der Waals surface area (Å²) >= 11 is 0. The smallest absolute Gasteiger partial charge is 0.306 e. The maximum absolute atomic E-state index is 12.3. The molecule has 3 N–H and O–H groups in total. The number of allylic oxidation sites excluding steroid dienone is 2. The first-order valence-corrected chi connectivity index (χ1v) is 8.42. The number of ether oxygens (including phenoxy) is 1. The van der Waals surface area contributed by atoms with Crippen molar-refractivity contribution in [2.45, 2.75) is 51.6 Å². The molecular formula is C18H30N2O5. The first kappa shape index (κ1) is 22.9. The van der Waals surface area contributed by atoms with Crippen LogP contribution >= 0.6 is 0 Å². The van der Waals surface area contributed by atoms with Gasteiger partial charge in [0.1, 0.15) is 6.61 Å². The second-order valence-electron chi connectivity index (χ2n) is 6.00. The molecule has 0 fully saturated rings. The zero-order valence-corrected chi connectivity index (χ0v) is 15.1. The third-order valence-corrected chi connectivity index (χ3v) is 3.37. The molecule has 142 valence electrons. The summed E-state index contributed by atoms with van der Waals surface area (Å²) in [4.78, 5) is 35.6. The van der Waals surface area contributed by atoms with Crippen LogP contribution in [0.2, 0.25) is 0 Å². The van der Waals surface area contributed by atoms with Gasteiger partial charge in [-0.15, -0.1) is 13.2 Å². The van der Waals surface area contributed by atoms with E-state index in [1.165, 1.54) is 0 Å². The number of rotatable bonds is 13. The first-order valence-electron chi connectivity index (χ1n) is 8.42. The zero-order chi connectivity index (χ0) is 19.2. The fourth-order valence-electron chi connectivity index (χ4n) is 2.00. The molecule has 0 saturated heterocycles. The van der Waals surface area contributed by atoms with E-state index in [1.807, 2.05) is 0 Å². The van der Waals surface area contributed by atoms with Crippen LogP contribution < -0.4 is 10.6 Å². The van der Waals surface area contributed by atoms with Gasteiger partial charge in [-0.1, -0.05) is 12.2 Å². The van der Waals surface area contributed by atoms with Gasteiger partial charge in [0.15, 0.2) is 0 Å². The standard InChI is InChI=1S/C18H30N2O5/c1-5-7-9-17(23)25-12-14(4)20-18(24)15(8-6-2)10-16(22)19-13(3)11-21/h5-6,13-15,21H,1-2,7-12H2,3-4H3,(H,19,22)(H,20,24). The fraction of sp³-hybridized carbons (Fsp3) is 0.611. The van der Waals surface area contributed by atoms with Gasteiger partial charge in [0.05, 0.1) is 18.6 Å². The Hall–Kier alpha value is -2.15. The van der Waals surface area contributed by atoms with E-state index in [1.54, 1.807) is 26.0 Å². The quantitative estimate of drug-likeness (QED) is 0.339. The van der Waals surface area contributed by atoms with Crippen molar-refractivity contribution in [1.82, 2.24) is 10.6 Å². The fourth-order valence-corrected chi connectivity index (χ4v) is 2.00. The highest BCUT2D eigenvalue weighted by Crippen LogP contribution is 2.10. The highest BCUT2D eigenvalue weighted by atomic mass is 16.5. The third kappa shape index (κ3) is 11.1. The number of aliphatic hydroxyl groups is 1. The van der Waals surface area contributed by atoms with Crippen LogP contribution in [0, 0.1) is 5.92 Å². The van der Waals surface area contributed by atoms with E-state index in [4.69, 9.17) is 9.84 Å². The van der Waals surface area contributed by atoms with Gasteiger partial charge >= 0.3 is 5.97 Å². The molecule has 0 aliphatic heterocycles. The number of carbonyl (C=O) groups excluding carboxylic acids is 3. The van der Waals surface area contributed by atoms with Crippen molar-refractivity contribution in [2.24, 2.45) is 5.92 Å². The normalized spacial score (nSPS) is 13.9. The molecule has 0 spiro atoms. The van der Waals surface area contributed by atoms with Gasteiger partial charge in [-0.05, 0) is 26.7 Å². The van der Waals surface area contributed by atoms with Crippen LogP contribution in [0.15, 0.2) is 25.3 Å². The molecule has 0 aromatic heterocycles. The average molecular weight is 354 g/mol. The van der Waals surface area contributed by atoms with Crippen molar-refractivity contribution in [1.29, 1.82) is 0 Å². The Morgan fingerprint density at radius 2 is 1.80 bits per heavy atom. The maximum atomic E-state index is 12.3. The summed E-state index contributed by atoms with van der Waals surface area (Å²) in [6.45, 7) is 10.4. The second-order valence-corrected chi connectivity index (χ2v) is 6.00. The van der Waals surface area contributed by atoms with Crippen LogP contribution in [0.3, 0.4) is 0 Å². The van der Waals surface area contributed by atoms with Crippen LogP contribution in [-0.2, 0) is 19.1 Å². The molecule has 0 heterocycles. The van der Waals surface area contributed by atoms with Crippen LogP contribution in [0.5, 0.6) is 0 Å². The van der Waals surface area contributed by atoms with Gasteiger partial charge < -0.3 is 20.5 Å². The van der Waals surface area contributed by atoms with Crippen molar-refractivity contribution in [3.63, 3.8) is 0 Å². The van der Waals surface area contributed by atoms with Crippen molar-refractivity contribution in [3.8, 4) is 0 Å². The van der Waals surface area contributed by atoms with E-state index < -0.39 is 5.92 Å². The van der Waals surface area contributed by atoms with E-state index in [9.17, 15) is 14.4 Å². The highest BCUT2D eigenvalue weighted by molar-refractivity contribution is 5.86. The lowest BCUT2D eigenvalue weighted by molar-refractivity contribution is -0.145. The number of carbonyl (C=O) groups is 3. The molecule has 3 atom stereocenters. The SMILES string of the molecule is C=CCCC(=O)OCC(C)NC(=O)C(CC=C)CC(=O)NC(C)CO. The predicted octanol–water partition coefficient (Wildman–Crippen LogP) is 1.08. The molecular weight excluding hydrogens is 324 g/mol. The summed E-state index contributed by atoms with van der Waals surface area (Å²) in [7, 11) is 0. The molecule has 0 radical (unpaired) electrons. The highest BCUT2D eigenvalue weighted by Gasteiger charge is 2.23. The lowest BCUT2D eigenvalue weighted by Gasteiger charge is -2.20. The zero-order valence-electron chi connectivity index (χ0n) is 15.1. The van der Waals surface area contributed by atoms with E-state index in [0.717, 1.165) is 0 Å². The maximum Gasteiger partial charge on any atom is 0.306 e. The molecule has 3 unspecified atom stereocenters. The molecule has 25 heavy (non-hydrogen) atoms. The minimum Gasteiger partial charge on any atom is -0.463 e. The minimum atomic E-state index is -0.567. The molecule has 0 aliphatic rings. The summed E-state index contributed by atoms with van der Waals surface area (Å²) < 4.78 is 5.07. The monoisotopic (exact) mass is 354 g/mol. The Bertz CT molecular complexity index is 464. The summed E-state index contributed by atoms with van der Waals surface area (Å²) in [5.41, 5.74) is 0. The van der Waals surface area contributed by atoms with Gasteiger partial charge in [-0.25, -0.2) is 0 Å². The lowest BCUT2D eigenvalue weighted by atomic mass is 9.99. The van der Waals surface area contributed by atoms with Crippen LogP contribution in [-0.4, -0.2) is 48.2 Å². The van der Waals surface area contributed by atoms with Crippen molar-refractivity contribution in [2.75, 3.05) is 13.2 Å². The number of aliphatic hydroxyl groups excluding tert-OH is 1. The van der Waals surface area contributed by atoms with Crippen LogP contribution in [0.4, 0.5) is 0 Å². The Kier molecular flexibility index (Phi) is 12.0. The number of nitrogens with one attached hydrogen (secondary N) is 2. The second kappa shape index (κ2) is 13.2. The van der Waals surface area contributed by atoms with Crippen LogP contribution in [0.1, 0.15) is 39.5 Å². The molecule has 0 rings (SSSR count). The van der Waals surface area contributed by atoms with E-state index in [0.29, 0.717) is 12.8 Å². The summed E-state index contributed by atoms with van der Waals surface area (Å²) in [5.74, 6) is -1.53. The van der Waals surface area contributed by atoms with Crippen molar-refractivity contribution in [3.05, 3.63) is 25.3 Å². The molecule has 7 heteroatoms. The molecule has 2 amide bonds. The van der Waals surface area contributed by atoms with Gasteiger partial charge in [0.25, 0.3) is 0 Å². The van der Waals surface area contributed by atoms with E-state index in [2.05, 4.69) is 23.8 Å². The summed E-state index contributed by atoms with van der Waals surface area (Å²) in [6, 6.07) is -0.735. The summed E-state index contributed by atoms with van der Waals surface area (Å²) in [6.07, 6.45) is 4.35. The largest absolute Gasteiger partial charge is 0.463 e. The van der Waals surface area contributed by atoms with Gasteiger partial charge in [0, 0.05) is 18.9 Å². The van der Waals surface area contributed by atoms with E-state index >= 15 is 0 Å². The van der Waals surface area contributed by atoms with Crippen LogP contribution in [0.25, 0.3) is 0 Å². The molecule has 7 nitrogen and oxygen atoms in total. The Morgan fingerprint density at radius 1 is 1.12 bits per heavy atom. The third-order valence-electron chi connectivity index (χ3n) is 3.37. The van der Waals surface area contributed by atoms with Gasteiger partial charge in [-0.2, -0.15) is 0 Å². The Balaban J connectivity index is 4.42. The first-order chi connectivity index (χ1) is 11.8. The number of hydrogen-bond donors (Lipinski definition) is 3. The van der Waals surface area contributed by atoms with Gasteiger partial charge in [0.2, 0.25) is 11.8 Å². The average Bonchev–Trinajstić information content (AvgIpc) is 2.57. The number of esters is 1. The lowest BCUT2D eigenvalue weighted by Crippen LogP contribution is -2.42. The molecule has 0 aromatic rings. The number of amides is 2. The van der Waals surface area contributed by atoms with E-state index in [-0.39, 0.29) is 55.9 Å². The van der Waals surface area contributed by atoms with Gasteiger partial charge in [-0.3, -0.25) is 14.4 Å². The Morgan fingerprint density at radius 3 is 2.36 bits per heavy atom. The minimum absolute atomic E-state index is 0.00592. The molecule has 0 aromatic carbocycles. The van der Waals surface area contributed by atoms with Crippen molar-refractivity contribution >= 4 is 17.8 Å². The molecule has 0 aliphatic carbocycles. The Labute approximate surface area is 149 Å². The van der Waals surface area contributed by atoms with Crippen molar-refractivity contribution < 1.29 is 24.2 Å². The number of hydrogen-bond acceptors (Lipinski definition) is 5. The predicted molar refractivity (Wildman–Crippen MR) is 95.6 cm³/mol. The molecule has 0 saturated carbocycles. The summed E-state index contributed by atoms with van der Waals surface area (Å²) in [5, 5.41) is 14.3. The molecule has 0 bridgehead atoms.